The summed E-state index contributed by atoms with van der Waals surface area (Å²) in [5.74, 6) is -0.220. The van der Waals surface area contributed by atoms with Gasteiger partial charge in [0.1, 0.15) is 0 Å². The normalized spacial score (nSPS) is 12.0. The van der Waals surface area contributed by atoms with Gasteiger partial charge in [-0.15, -0.1) is 11.3 Å². The van der Waals surface area contributed by atoms with E-state index in [1.807, 2.05) is 5.38 Å². The van der Waals surface area contributed by atoms with E-state index in [1.165, 1.54) is 33.0 Å². The molecule has 0 aliphatic rings. The van der Waals surface area contributed by atoms with Crippen molar-refractivity contribution in [1.82, 2.24) is 9.29 Å². The maximum absolute atomic E-state index is 12.4. The van der Waals surface area contributed by atoms with E-state index in [0.717, 1.165) is 0 Å². The number of nitrogens with one attached hydrogen (secondary N) is 1. The quantitative estimate of drug-likeness (QED) is 0.736. The number of carbonyl (C=O) groups excluding carboxylic acids is 1. The molecule has 24 heavy (non-hydrogen) atoms. The van der Waals surface area contributed by atoms with Crippen LogP contribution in [0.15, 0.2) is 40.6 Å². The van der Waals surface area contributed by atoms with Crippen LogP contribution < -0.4 is 5.32 Å². The average molecular weight is 382 g/mol. The molecule has 1 amide bonds. The van der Waals surface area contributed by atoms with Crippen LogP contribution in [0.25, 0.3) is 10.2 Å². The van der Waals surface area contributed by atoms with Gasteiger partial charge in [0.2, 0.25) is 10.0 Å². The van der Waals surface area contributed by atoms with Crippen molar-refractivity contribution in [3.63, 3.8) is 0 Å². The van der Waals surface area contributed by atoms with Crippen molar-refractivity contribution in [2.24, 2.45) is 0 Å². The molecule has 0 fully saturated rings. The van der Waals surface area contributed by atoms with Crippen molar-refractivity contribution < 1.29 is 13.2 Å². The third-order valence-electron chi connectivity index (χ3n) is 3.48. The zero-order chi connectivity index (χ0) is 17.3. The topological polar surface area (TPSA) is 79.4 Å². The number of benzene rings is 1. The van der Waals surface area contributed by atoms with Crippen LogP contribution in [0.4, 0.5) is 5.13 Å². The Hall–Kier alpha value is -1.81. The first-order valence-electron chi connectivity index (χ1n) is 7.13. The van der Waals surface area contributed by atoms with Crippen molar-refractivity contribution in [2.75, 3.05) is 18.9 Å². The number of fused-ring (bicyclic) bond motifs is 1. The number of thiophene rings is 1. The summed E-state index contributed by atoms with van der Waals surface area (Å²) >= 11 is 2.60. The van der Waals surface area contributed by atoms with Gasteiger partial charge in [0, 0.05) is 13.6 Å². The van der Waals surface area contributed by atoms with Gasteiger partial charge in [0.25, 0.3) is 5.91 Å². The van der Waals surface area contributed by atoms with Crippen LogP contribution in [-0.4, -0.2) is 37.2 Å². The molecule has 2 aromatic heterocycles. The molecule has 0 saturated heterocycles. The second-order valence-electron chi connectivity index (χ2n) is 5.00. The Bertz CT molecular complexity index is 978. The molecule has 6 nitrogen and oxygen atoms in total. The summed E-state index contributed by atoms with van der Waals surface area (Å²) in [5, 5.41) is 5.02. The van der Waals surface area contributed by atoms with Gasteiger partial charge in [-0.2, -0.15) is 0 Å². The molecule has 0 saturated carbocycles. The van der Waals surface area contributed by atoms with Crippen LogP contribution in [0.1, 0.15) is 16.6 Å². The molecular weight excluding hydrogens is 366 g/mol. The molecule has 1 N–H and O–H groups in total. The number of rotatable bonds is 5. The molecule has 0 bridgehead atoms. The molecular formula is C15H15N3O3S3. The number of sulfonamides is 1. The summed E-state index contributed by atoms with van der Waals surface area (Å²) in [6.45, 7) is 2.17. The third-order valence-corrected chi connectivity index (χ3v) is 7.21. The van der Waals surface area contributed by atoms with Crippen molar-refractivity contribution in [3.8, 4) is 0 Å². The van der Waals surface area contributed by atoms with E-state index in [2.05, 4.69) is 10.3 Å². The summed E-state index contributed by atoms with van der Waals surface area (Å²) in [6, 6.07) is 8.32. The first-order valence-corrected chi connectivity index (χ1v) is 10.3. The Morgan fingerprint density at radius 3 is 2.79 bits per heavy atom. The second kappa shape index (κ2) is 6.60. The van der Waals surface area contributed by atoms with Crippen LogP contribution in [-0.2, 0) is 10.0 Å². The highest BCUT2D eigenvalue weighted by molar-refractivity contribution is 7.89. The molecule has 0 radical (unpaired) electrons. The lowest BCUT2D eigenvalue weighted by Gasteiger charge is -2.14. The van der Waals surface area contributed by atoms with Crippen molar-refractivity contribution in [2.45, 2.75) is 11.8 Å². The molecule has 0 spiro atoms. The van der Waals surface area contributed by atoms with Crippen molar-refractivity contribution in [1.29, 1.82) is 0 Å². The lowest BCUT2D eigenvalue weighted by Crippen LogP contribution is -2.26. The number of thiazole rings is 1. The first-order chi connectivity index (χ1) is 11.4. The Labute approximate surface area is 147 Å². The standard InChI is InChI=1S/C15H15N3O3S3/c1-3-18(2)24(20,21)10-6-7-11-13(9-10)23-15(16-11)17-14(19)12-5-4-8-22-12/h4-9H,3H2,1-2H3,(H,16,17,19). The lowest BCUT2D eigenvalue weighted by molar-refractivity contribution is 0.103. The highest BCUT2D eigenvalue weighted by Crippen LogP contribution is 2.29. The fourth-order valence-electron chi connectivity index (χ4n) is 2.04. The second-order valence-corrected chi connectivity index (χ2v) is 9.02. The van der Waals surface area contributed by atoms with E-state index in [-0.39, 0.29) is 10.8 Å². The average Bonchev–Trinajstić information content (AvgIpc) is 3.22. The fourth-order valence-corrected chi connectivity index (χ4v) is 4.84. The number of nitrogens with zero attached hydrogens (tertiary/aromatic N) is 2. The molecule has 126 valence electrons. The van der Waals surface area contributed by atoms with Crippen molar-refractivity contribution in [3.05, 3.63) is 40.6 Å². The zero-order valence-electron chi connectivity index (χ0n) is 13.0. The number of amides is 1. The van der Waals surface area contributed by atoms with Gasteiger partial charge < -0.3 is 0 Å². The number of carbonyl (C=O) groups is 1. The van der Waals surface area contributed by atoms with Gasteiger partial charge in [0.15, 0.2) is 5.13 Å². The number of hydrogen-bond donors (Lipinski definition) is 1. The summed E-state index contributed by atoms with van der Waals surface area (Å²) < 4.78 is 26.8. The van der Waals surface area contributed by atoms with E-state index in [0.29, 0.717) is 26.8 Å². The van der Waals surface area contributed by atoms with Crippen molar-refractivity contribution >= 4 is 54.0 Å². The maximum atomic E-state index is 12.4. The molecule has 1 aromatic carbocycles. The third kappa shape index (κ3) is 3.20. The summed E-state index contributed by atoms with van der Waals surface area (Å²) in [4.78, 5) is 17.2. The van der Waals surface area contributed by atoms with Gasteiger partial charge in [-0.1, -0.05) is 24.3 Å². The highest BCUT2D eigenvalue weighted by Gasteiger charge is 2.20. The largest absolute Gasteiger partial charge is 0.297 e. The molecule has 0 atom stereocenters. The Kier molecular flexibility index (Phi) is 4.68. The minimum Gasteiger partial charge on any atom is -0.297 e. The predicted molar refractivity (Wildman–Crippen MR) is 97.4 cm³/mol. The van der Waals surface area contributed by atoms with Gasteiger partial charge >= 0.3 is 0 Å². The lowest BCUT2D eigenvalue weighted by atomic mass is 10.3. The van der Waals surface area contributed by atoms with E-state index < -0.39 is 10.0 Å². The molecule has 2 heterocycles. The predicted octanol–water partition coefficient (Wildman–Crippen LogP) is 3.25. The van der Waals surface area contributed by atoms with E-state index in [4.69, 9.17) is 0 Å². The smallest absolute Gasteiger partial charge is 0.267 e. The minimum absolute atomic E-state index is 0.220. The number of anilines is 1. The Morgan fingerprint density at radius 2 is 2.12 bits per heavy atom. The van der Waals surface area contributed by atoms with Gasteiger partial charge in [-0.05, 0) is 29.6 Å². The van der Waals surface area contributed by atoms with Crippen LogP contribution in [0, 0.1) is 0 Å². The molecule has 0 aliphatic heterocycles. The van der Waals surface area contributed by atoms with Crippen LogP contribution in [0.5, 0.6) is 0 Å². The summed E-state index contributed by atoms with van der Waals surface area (Å²) in [6.07, 6.45) is 0. The summed E-state index contributed by atoms with van der Waals surface area (Å²) in [5.41, 5.74) is 0.652. The van der Waals surface area contributed by atoms with Gasteiger partial charge in [-0.3, -0.25) is 10.1 Å². The fraction of sp³-hybridized carbons (Fsp3) is 0.200. The van der Waals surface area contributed by atoms with E-state index in [9.17, 15) is 13.2 Å². The maximum Gasteiger partial charge on any atom is 0.267 e. The monoisotopic (exact) mass is 381 g/mol. The van der Waals surface area contributed by atoms with Crippen LogP contribution in [0.3, 0.4) is 0 Å². The SMILES string of the molecule is CCN(C)S(=O)(=O)c1ccc2nc(NC(=O)c3cccs3)sc2c1. The minimum atomic E-state index is -3.50. The first kappa shape index (κ1) is 17.0. The van der Waals surface area contributed by atoms with Gasteiger partial charge in [-0.25, -0.2) is 17.7 Å². The van der Waals surface area contributed by atoms with Crippen LogP contribution in [0.2, 0.25) is 0 Å². The number of aromatic nitrogens is 1. The Morgan fingerprint density at radius 1 is 1.33 bits per heavy atom. The van der Waals surface area contributed by atoms with E-state index in [1.54, 1.807) is 38.2 Å². The Balaban J connectivity index is 1.91. The van der Waals surface area contributed by atoms with E-state index >= 15 is 0 Å². The molecule has 0 aliphatic carbocycles. The zero-order valence-corrected chi connectivity index (χ0v) is 15.5. The summed E-state index contributed by atoms with van der Waals surface area (Å²) in [7, 11) is -1.96. The molecule has 9 heteroatoms. The molecule has 3 aromatic rings. The number of hydrogen-bond acceptors (Lipinski definition) is 6. The van der Waals surface area contributed by atoms with Crippen LogP contribution >= 0.6 is 22.7 Å². The highest BCUT2D eigenvalue weighted by atomic mass is 32.2. The molecule has 3 rings (SSSR count). The molecule has 0 unspecified atom stereocenters. The van der Waals surface area contributed by atoms with Gasteiger partial charge in [0.05, 0.1) is 20.0 Å².